The van der Waals surface area contributed by atoms with Gasteiger partial charge in [0.15, 0.2) is 0 Å². The molecule has 3 heterocycles. The van der Waals surface area contributed by atoms with Crippen molar-refractivity contribution in [2.45, 2.75) is 151 Å². The minimum absolute atomic E-state index is 0.0416. The van der Waals surface area contributed by atoms with Crippen LogP contribution in [0.2, 0.25) is 0 Å². The van der Waals surface area contributed by atoms with Crippen molar-refractivity contribution in [3.63, 3.8) is 0 Å². The molecule has 9 nitrogen and oxygen atoms in total. The molecule has 5 aliphatic carbocycles. The van der Waals surface area contributed by atoms with Gasteiger partial charge in [-0.2, -0.15) is 0 Å². The average Bonchev–Trinajstić information content (AvgIpc) is 3.92. The van der Waals surface area contributed by atoms with Crippen molar-refractivity contribution < 1.29 is 24.2 Å². The van der Waals surface area contributed by atoms with E-state index in [4.69, 9.17) is 9.72 Å². The van der Waals surface area contributed by atoms with Crippen molar-refractivity contribution in [1.29, 1.82) is 0 Å². The van der Waals surface area contributed by atoms with E-state index in [0.29, 0.717) is 29.6 Å². The van der Waals surface area contributed by atoms with Crippen molar-refractivity contribution in [3.05, 3.63) is 48.7 Å². The summed E-state index contributed by atoms with van der Waals surface area (Å²) in [6, 6.07) is 3.94. The molecule has 11 atom stereocenters. The SMILES string of the molecule is C=C(C)[C@@H]1CC[C@]2(C(=O)N3CCC[C@H]3c3ncc(-c4cccnc4)[nH]3)CC[C@]3(C)[C@H](CC[C@@H]4[C@@]5(C)CC[C@H](OC(=O)CC(C)(C)C(=O)O)C(C)(C)[C@@H]5CC[C@]43C)[C@@H]12. The van der Waals surface area contributed by atoms with Crippen LogP contribution in [0, 0.1) is 62.1 Å². The zero-order chi connectivity index (χ0) is 40.9. The predicted octanol–water partition coefficient (Wildman–Crippen LogP) is 10.2. The second kappa shape index (κ2) is 13.8. The summed E-state index contributed by atoms with van der Waals surface area (Å²) in [6.07, 6.45) is 17.4. The monoisotopic (exact) mass is 781 g/mol. The molecule has 0 bridgehead atoms. The number of likely N-dealkylation sites (tertiary alicyclic amines) is 1. The van der Waals surface area contributed by atoms with Crippen molar-refractivity contribution in [3.8, 4) is 11.3 Å². The van der Waals surface area contributed by atoms with Gasteiger partial charge in [-0.05, 0) is 156 Å². The molecule has 2 N–H and O–H groups in total. The predicted molar refractivity (Wildman–Crippen MR) is 220 cm³/mol. The Balaban J connectivity index is 1.06. The van der Waals surface area contributed by atoms with Crippen LogP contribution in [0.1, 0.15) is 151 Å². The fraction of sp³-hybridized carbons (Fsp3) is 0.729. The molecule has 0 spiro atoms. The van der Waals surface area contributed by atoms with Crippen LogP contribution in [0.3, 0.4) is 0 Å². The van der Waals surface area contributed by atoms with Crippen LogP contribution in [0.15, 0.2) is 42.9 Å². The topological polar surface area (TPSA) is 125 Å². The summed E-state index contributed by atoms with van der Waals surface area (Å²) in [7, 11) is 0. The summed E-state index contributed by atoms with van der Waals surface area (Å²) in [5, 5.41) is 9.66. The molecule has 0 aromatic carbocycles. The normalized spacial score (nSPS) is 39.6. The molecule has 57 heavy (non-hydrogen) atoms. The number of aromatic nitrogens is 3. The molecule has 8 rings (SSSR count). The van der Waals surface area contributed by atoms with E-state index in [0.717, 1.165) is 101 Å². The van der Waals surface area contributed by atoms with Crippen molar-refractivity contribution >= 4 is 17.8 Å². The van der Waals surface area contributed by atoms with E-state index >= 15 is 4.79 Å². The summed E-state index contributed by atoms with van der Waals surface area (Å²) in [5.74, 6) is 1.89. The summed E-state index contributed by atoms with van der Waals surface area (Å²) in [4.78, 5) is 55.4. The Labute approximate surface area is 340 Å². The first-order chi connectivity index (χ1) is 26.8. The third-order valence-electron chi connectivity index (χ3n) is 18.3. The number of H-pyrrole nitrogens is 1. The summed E-state index contributed by atoms with van der Waals surface area (Å²) in [5.41, 5.74) is 1.74. The van der Waals surface area contributed by atoms with Gasteiger partial charge in [0.2, 0.25) is 5.91 Å². The van der Waals surface area contributed by atoms with E-state index in [-0.39, 0.29) is 51.6 Å². The number of rotatable bonds is 8. The Kier molecular flexibility index (Phi) is 9.75. The number of nitrogens with one attached hydrogen (secondary N) is 1. The number of carboxylic acid groups (broad SMARTS) is 1. The maximum Gasteiger partial charge on any atom is 0.309 e. The van der Waals surface area contributed by atoms with Crippen LogP contribution in [-0.2, 0) is 19.1 Å². The molecule has 1 saturated heterocycles. The third-order valence-corrected chi connectivity index (χ3v) is 18.3. The number of aliphatic carboxylic acids is 1. The molecule has 1 aliphatic heterocycles. The van der Waals surface area contributed by atoms with Gasteiger partial charge in [-0.3, -0.25) is 19.4 Å². The van der Waals surface area contributed by atoms with Gasteiger partial charge in [0, 0.05) is 29.9 Å². The average molecular weight is 781 g/mol. The van der Waals surface area contributed by atoms with E-state index in [9.17, 15) is 14.7 Å². The molecule has 6 aliphatic rings. The number of allylic oxidation sites excluding steroid dienone is 1. The fourth-order valence-corrected chi connectivity index (χ4v) is 15.1. The number of imidazole rings is 1. The molecule has 0 unspecified atom stereocenters. The second-order valence-electron chi connectivity index (χ2n) is 21.6. The lowest BCUT2D eigenvalue weighted by molar-refractivity contribution is -0.250. The molecule has 9 heteroatoms. The number of carboxylic acids is 1. The van der Waals surface area contributed by atoms with Gasteiger partial charge in [-0.25, -0.2) is 4.98 Å². The number of aromatic amines is 1. The quantitative estimate of drug-likeness (QED) is 0.202. The highest BCUT2D eigenvalue weighted by atomic mass is 16.5. The van der Waals surface area contributed by atoms with Crippen molar-refractivity contribution in [2.24, 2.45) is 62.1 Å². The van der Waals surface area contributed by atoms with Crippen molar-refractivity contribution in [1.82, 2.24) is 19.9 Å². The molecule has 2 aromatic heterocycles. The highest BCUT2D eigenvalue weighted by Gasteiger charge is 2.72. The molecule has 2 aromatic rings. The first-order valence-electron chi connectivity index (χ1n) is 22.1. The Morgan fingerprint density at radius 3 is 2.42 bits per heavy atom. The van der Waals surface area contributed by atoms with E-state index in [1.54, 1.807) is 20.0 Å². The Morgan fingerprint density at radius 2 is 1.72 bits per heavy atom. The zero-order valence-corrected chi connectivity index (χ0v) is 36.0. The molecule has 0 radical (unpaired) electrons. The number of nitrogens with zero attached hydrogens (tertiary/aromatic N) is 3. The number of hydrogen-bond acceptors (Lipinski definition) is 6. The van der Waals surface area contributed by atoms with Gasteiger partial charge in [0.25, 0.3) is 0 Å². The van der Waals surface area contributed by atoms with Gasteiger partial charge in [0.05, 0.1) is 35.2 Å². The van der Waals surface area contributed by atoms with E-state index in [1.165, 1.54) is 5.57 Å². The third kappa shape index (κ3) is 5.99. The maximum atomic E-state index is 15.5. The van der Waals surface area contributed by atoms with Gasteiger partial charge in [-0.1, -0.05) is 46.8 Å². The van der Waals surface area contributed by atoms with Crippen LogP contribution in [0.5, 0.6) is 0 Å². The number of carbonyl (C=O) groups is 3. The minimum atomic E-state index is -1.16. The molecular weight excluding hydrogens is 713 g/mol. The second-order valence-corrected chi connectivity index (χ2v) is 21.6. The minimum Gasteiger partial charge on any atom is -0.481 e. The van der Waals surface area contributed by atoms with Gasteiger partial charge < -0.3 is 19.7 Å². The van der Waals surface area contributed by atoms with Gasteiger partial charge in [-0.15, -0.1) is 0 Å². The lowest BCUT2D eigenvalue weighted by Gasteiger charge is -2.73. The number of amides is 1. The number of esters is 1. The van der Waals surface area contributed by atoms with Gasteiger partial charge >= 0.3 is 11.9 Å². The maximum absolute atomic E-state index is 15.5. The summed E-state index contributed by atoms with van der Waals surface area (Å²) < 4.78 is 6.21. The van der Waals surface area contributed by atoms with Crippen LogP contribution in [0.25, 0.3) is 11.3 Å². The smallest absolute Gasteiger partial charge is 0.309 e. The Hall–Kier alpha value is -3.49. The molecular formula is C48H68N4O5. The Bertz CT molecular complexity index is 1920. The number of fused-ring (bicyclic) bond motifs is 7. The highest BCUT2D eigenvalue weighted by molar-refractivity contribution is 5.85. The Morgan fingerprint density at radius 1 is 0.947 bits per heavy atom. The molecule has 6 fully saturated rings. The lowest BCUT2D eigenvalue weighted by atomic mass is 9.32. The largest absolute Gasteiger partial charge is 0.481 e. The van der Waals surface area contributed by atoms with Gasteiger partial charge in [0.1, 0.15) is 11.9 Å². The zero-order valence-electron chi connectivity index (χ0n) is 36.0. The number of pyridine rings is 1. The first-order valence-corrected chi connectivity index (χ1v) is 22.1. The van der Waals surface area contributed by atoms with Crippen LogP contribution in [-0.4, -0.2) is 55.5 Å². The van der Waals surface area contributed by atoms with E-state index < -0.39 is 17.4 Å². The number of hydrogen-bond donors (Lipinski definition) is 2. The summed E-state index contributed by atoms with van der Waals surface area (Å²) >= 11 is 0. The molecule has 310 valence electrons. The van der Waals surface area contributed by atoms with E-state index in [2.05, 4.69) is 63.0 Å². The number of ether oxygens (including phenoxy) is 1. The highest BCUT2D eigenvalue weighted by Crippen LogP contribution is 2.78. The van der Waals surface area contributed by atoms with Crippen LogP contribution >= 0.6 is 0 Å². The molecule has 1 amide bonds. The summed E-state index contributed by atoms with van der Waals surface area (Å²) in [6.45, 7) is 23.2. The first kappa shape index (κ1) is 40.3. The van der Waals surface area contributed by atoms with E-state index in [1.807, 2.05) is 24.5 Å². The van der Waals surface area contributed by atoms with Crippen molar-refractivity contribution in [2.75, 3.05) is 6.54 Å². The molecule has 5 saturated carbocycles. The lowest BCUT2D eigenvalue weighted by Crippen LogP contribution is -2.67. The standard InChI is InChI=1S/C48H68N4O5/c1-29(2)31-16-21-48(41(54)52-25-11-13-34(52)40-50-28-33(51-40)30-12-10-24-49-27-30)23-22-46(8)32(39(31)48)14-15-36-45(7)19-18-37(57-38(53)26-43(3,4)42(55)56)44(5,6)35(45)17-20-47(36,46)9/h10,12,24,27-28,31-32,34-37,39H,1,11,13-23,25-26H2,2-9H3,(H,50,51)(H,55,56)/t31-,32+,34-,35-,36+,37-,39+,45-,46+,47+,48-/m0/s1. The fourth-order valence-electron chi connectivity index (χ4n) is 15.1. The van der Waals surface area contributed by atoms with Crippen LogP contribution in [0.4, 0.5) is 0 Å². The van der Waals surface area contributed by atoms with Crippen LogP contribution < -0.4 is 0 Å². The number of carbonyl (C=O) groups excluding carboxylic acids is 2.